The van der Waals surface area contributed by atoms with Crippen molar-refractivity contribution in [3.8, 4) is 5.75 Å². The van der Waals surface area contributed by atoms with Gasteiger partial charge in [-0.1, -0.05) is 19.1 Å². The Balaban J connectivity index is 2.13. The number of carboxylic acid groups (broad SMARTS) is 1. The number of alkyl halides is 3. The number of aliphatic carboxylic acids is 1. The lowest BCUT2D eigenvalue weighted by atomic mass is 10.1. The number of halogens is 3. The van der Waals surface area contributed by atoms with Crippen molar-refractivity contribution in [1.82, 2.24) is 4.90 Å². The van der Waals surface area contributed by atoms with Crippen LogP contribution in [-0.4, -0.2) is 40.6 Å². The molecule has 0 heterocycles. The summed E-state index contributed by atoms with van der Waals surface area (Å²) in [5.41, 5.74) is -0.952. The molecule has 1 aromatic carbocycles. The Labute approximate surface area is 143 Å². The van der Waals surface area contributed by atoms with Crippen LogP contribution in [-0.2, 0) is 15.8 Å². The normalized spacial score (nSPS) is 16.8. The van der Waals surface area contributed by atoms with Gasteiger partial charge in [-0.15, -0.1) is 0 Å². The molecule has 1 aliphatic carbocycles. The first-order chi connectivity index (χ1) is 11.6. The van der Waals surface area contributed by atoms with Gasteiger partial charge in [0.1, 0.15) is 5.75 Å². The third-order valence-corrected chi connectivity index (χ3v) is 4.01. The quantitative estimate of drug-likeness (QED) is 0.812. The van der Waals surface area contributed by atoms with Gasteiger partial charge in [-0.05, 0) is 31.9 Å². The second kappa shape index (κ2) is 7.33. The minimum atomic E-state index is -4.59. The standard InChI is InChI=1S/C17H20F3NO4/c1-10(16(23)24)9-21(12-7-8-12)15(22)11(2)25-14-6-4-3-5-13(14)17(18,19)20/h3-6,10-12H,7-9H2,1-2H3,(H,23,24). The predicted molar refractivity (Wildman–Crippen MR) is 83.1 cm³/mol. The van der Waals surface area contributed by atoms with E-state index in [1.165, 1.54) is 30.9 Å². The lowest BCUT2D eigenvalue weighted by molar-refractivity contribution is -0.147. The largest absolute Gasteiger partial charge is 0.481 e. The SMILES string of the molecule is CC(CN(C(=O)C(C)Oc1ccccc1C(F)(F)F)C1CC1)C(=O)O. The van der Waals surface area contributed by atoms with Gasteiger partial charge in [-0.25, -0.2) is 0 Å². The minimum Gasteiger partial charge on any atom is -0.481 e. The van der Waals surface area contributed by atoms with Crippen LogP contribution in [0.1, 0.15) is 32.3 Å². The summed E-state index contributed by atoms with van der Waals surface area (Å²) < 4.78 is 44.3. The fourth-order valence-electron chi connectivity index (χ4n) is 2.46. The molecule has 1 N–H and O–H groups in total. The summed E-state index contributed by atoms with van der Waals surface area (Å²) in [7, 11) is 0. The molecule has 2 unspecified atom stereocenters. The van der Waals surface area contributed by atoms with Crippen LogP contribution in [0.25, 0.3) is 0 Å². The molecule has 0 radical (unpaired) electrons. The van der Waals surface area contributed by atoms with Gasteiger partial charge in [0.2, 0.25) is 0 Å². The lowest BCUT2D eigenvalue weighted by Crippen LogP contribution is -2.45. The highest BCUT2D eigenvalue weighted by Crippen LogP contribution is 2.36. The van der Waals surface area contributed by atoms with Crippen molar-refractivity contribution < 1.29 is 32.6 Å². The highest BCUT2D eigenvalue weighted by Gasteiger charge is 2.38. The maximum absolute atomic E-state index is 13.0. The van der Waals surface area contributed by atoms with Crippen LogP contribution >= 0.6 is 0 Å². The molecule has 2 atom stereocenters. The molecule has 2 rings (SSSR count). The number of benzene rings is 1. The van der Waals surface area contributed by atoms with E-state index in [0.717, 1.165) is 25.0 Å². The van der Waals surface area contributed by atoms with E-state index in [1.54, 1.807) is 0 Å². The fraction of sp³-hybridized carbons (Fsp3) is 0.529. The van der Waals surface area contributed by atoms with E-state index in [2.05, 4.69) is 0 Å². The second-order valence-electron chi connectivity index (χ2n) is 6.22. The van der Waals surface area contributed by atoms with Gasteiger partial charge in [-0.2, -0.15) is 13.2 Å². The van der Waals surface area contributed by atoms with Gasteiger partial charge < -0.3 is 14.7 Å². The van der Waals surface area contributed by atoms with Crippen LogP contribution in [0, 0.1) is 5.92 Å². The Hall–Kier alpha value is -2.25. The molecule has 1 aliphatic rings. The summed E-state index contributed by atoms with van der Waals surface area (Å²) in [6.07, 6.45) is -4.23. The zero-order chi connectivity index (χ0) is 18.8. The molecule has 25 heavy (non-hydrogen) atoms. The highest BCUT2D eigenvalue weighted by molar-refractivity contribution is 5.82. The van der Waals surface area contributed by atoms with Crippen LogP contribution in [0.15, 0.2) is 24.3 Å². The summed E-state index contributed by atoms with van der Waals surface area (Å²) >= 11 is 0. The van der Waals surface area contributed by atoms with Gasteiger partial charge in [0.25, 0.3) is 5.91 Å². The molecule has 1 amide bonds. The minimum absolute atomic E-state index is 0.00739. The van der Waals surface area contributed by atoms with Crippen LogP contribution in [0.3, 0.4) is 0 Å². The Bertz CT molecular complexity index is 643. The summed E-state index contributed by atoms with van der Waals surface area (Å²) in [5.74, 6) is -2.72. The molecule has 0 aliphatic heterocycles. The number of rotatable bonds is 7. The van der Waals surface area contributed by atoms with Crippen molar-refractivity contribution in [3.05, 3.63) is 29.8 Å². The fourth-order valence-corrected chi connectivity index (χ4v) is 2.46. The molecule has 0 spiro atoms. The Morgan fingerprint density at radius 1 is 1.28 bits per heavy atom. The average molecular weight is 359 g/mol. The van der Waals surface area contributed by atoms with Crippen LogP contribution in [0.5, 0.6) is 5.75 Å². The molecule has 138 valence electrons. The van der Waals surface area contributed by atoms with Crippen LogP contribution in [0.2, 0.25) is 0 Å². The molecule has 5 nitrogen and oxygen atoms in total. The van der Waals surface area contributed by atoms with Gasteiger partial charge in [0.05, 0.1) is 11.5 Å². The average Bonchev–Trinajstić information content (AvgIpc) is 3.35. The third kappa shape index (κ3) is 4.87. The molecule has 0 aromatic heterocycles. The Kier molecular flexibility index (Phi) is 5.59. The van der Waals surface area contributed by atoms with Gasteiger partial charge in [0, 0.05) is 12.6 Å². The van der Waals surface area contributed by atoms with Crippen LogP contribution < -0.4 is 4.74 Å². The molecule has 8 heteroatoms. The topological polar surface area (TPSA) is 66.8 Å². The molecular weight excluding hydrogens is 339 g/mol. The smallest absolute Gasteiger partial charge is 0.419 e. The van der Waals surface area contributed by atoms with Gasteiger partial charge in [0.15, 0.2) is 6.10 Å². The van der Waals surface area contributed by atoms with Crippen molar-refractivity contribution in [3.63, 3.8) is 0 Å². The van der Waals surface area contributed by atoms with Crippen molar-refractivity contribution in [2.45, 2.75) is 45.0 Å². The Morgan fingerprint density at radius 2 is 1.88 bits per heavy atom. The zero-order valence-corrected chi connectivity index (χ0v) is 13.9. The lowest BCUT2D eigenvalue weighted by Gasteiger charge is -2.28. The van der Waals surface area contributed by atoms with Gasteiger partial charge in [-0.3, -0.25) is 9.59 Å². The van der Waals surface area contributed by atoms with E-state index < -0.39 is 41.4 Å². The number of hydrogen-bond acceptors (Lipinski definition) is 3. The summed E-state index contributed by atoms with van der Waals surface area (Å²) in [6, 6.07) is 4.62. The zero-order valence-electron chi connectivity index (χ0n) is 13.9. The van der Waals surface area contributed by atoms with Crippen molar-refractivity contribution in [2.75, 3.05) is 6.54 Å². The summed E-state index contributed by atoms with van der Waals surface area (Å²) in [6.45, 7) is 2.86. The predicted octanol–water partition coefficient (Wildman–Crippen LogP) is 3.18. The highest BCUT2D eigenvalue weighted by atomic mass is 19.4. The first-order valence-corrected chi connectivity index (χ1v) is 7.97. The number of ether oxygens (including phenoxy) is 1. The van der Waals surface area contributed by atoms with Crippen molar-refractivity contribution in [1.29, 1.82) is 0 Å². The first kappa shape index (κ1) is 19.1. The van der Waals surface area contributed by atoms with Gasteiger partial charge >= 0.3 is 12.1 Å². The van der Waals surface area contributed by atoms with Crippen molar-refractivity contribution >= 4 is 11.9 Å². The van der Waals surface area contributed by atoms with E-state index in [0.29, 0.717) is 0 Å². The van der Waals surface area contributed by atoms with E-state index in [1.807, 2.05) is 0 Å². The van der Waals surface area contributed by atoms with E-state index >= 15 is 0 Å². The molecule has 1 aromatic rings. The first-order valence-electron chi connectivity index (χ1n) is 7.97. The molecule has 0 saturated heterocycles. The van der Waals surface area contributed by atoms with E-state index in [4.69, 9.17) is 9.84 Å². The number of para-hydroxylation sites is 1. The summed E-state index contributed by atoms with van der Waals surface area (Å²) in [5, 5.41) is 9.02. The molecule has 1 saturated carbocycles. The molecular formula is C17H20F3NO4. The van der Waals surface area contributed by atoms with E-state index in [-0.39, 0.29) is 12.6 Å². The number of carbonyl (C=O) groups is 2. The number of carbonyl (C=O) groups excluding carboxylic acids is 1. The van der Waals surface area contributed by atoms with Crippen molar-refractivity contribution in [2.24, 2.45) is 5.92 Å². The third-order valence-electron chi connectivity index (χ3n) is 4.01. The molecule has 1 fully saturated rings. The van der Waals surface area contributed by atoms with Crippen LogP contribution in [0.4, 0.5) is 13.2 Å². The number of amides is 1. The maximum Gasteiger partial charge on any atom is 0.419 e. The maximum atomic E-state index is 13.0. The second-order valence-corrected chi connectivity index (χ2v) is 6.22. The summed E-state index contributed by atoms with van der Waals surface area (Å²) in [4.78, 5) is 25.0. The Morgan fingerprint density at radius 3 is 2.40 bits per heavy atom. The molecule has 0 bridgehead atoms. The number of nitrogens with zero attached hydrogens (tertiary/aromatic N) is 1. The number of carboxylic acids is 1. The van der Waals surface area contributed by atoms with E-state index in [9.17, 15) is 22.8 Å². The monoisotopic (exact) mass is 359 g/mol. The number of hydrogen-bond donors (Lipinski definition) is 1.